The Morgan fingerprint density at radius 1 is 1.05 bits per heavy atom. The summed E-state index contributed by atoms with van der Waals surface area (Å²) >= 11 is 0. The van der Waals surface area contributed by atoms with Gasteiger partial charge in [-0.05, 0) is 73.0 Å². The summed E-state index contributed by atoms with van der Waals surface area (Å²) in [4.78, 5) is 25.5. The Morgan fingerprint density at radius 2 is 1.78 bits per heavy atom. The van der Waals surface area contributed by atoms with Crippen LogP contribution < -0.4 is 10.1 Å². The molecule has 1 amide bonds. The minimum atomic E-state index is -0.524. The zero-order valence-corrected chi connectivity index (χ0v) is 20.4. The molecule has 0 aliphatic heterocycles. The maximum absolute atomic E-state index is 13.0. The molecule has 2 heterocycles. The lowest BCUT2D eigenvalue weighted by atomic mass is 10.1. The number of aromatic nitrogens is 3. The van der Waals surface area contributed by atoms with Crippen LogP contribution in [0.2, 0.25) is 0 Å². The number of furan rings is 1. The van der Waals surface area contributed by atoms with Gasteiger partial charge in [-0.2, -0.15) is 4.80 Å². The third-order valence-electron chi connectivity index (χ3n) is 6.05. The summed E-state index contributed by atoms with van der Waals surface area (Å²) in [5.74, 6) is 0.0659. The zero-order chi connectivity index (χ0) is 26.1. The number of carbonyl (C=O) groups excluding carboxylic acids is 1. The van der Waals surface area contributed by atoms with Gasteiger partial charge in [-0.15, -0.1) is 10.2 Å². The van der Waals surface area contributed by atoms with Crippen LogP contribution in [0.4, 0.5) is 11.4 Å². The summed E-state index contributed by atoms with van der Waals surface area (Å²) in [6, 6.07) is 19.0. The fourth-order valence-electron chi connectivity index (χ4n) is 3.97. The van der Waals surface area contributed by atoms with Crippen LogP contribution in [-0.2, 0) is 6.42 Å². The molecular formula is C27H23N5O5. The predicted octanol–water partition coefficient (Wildman–Crippen LogP) is 5.72. The number of benzene rings is 3. The number of hydrogen-bond donors (Lipinski definition) is 1. The average molecular weight is 498 g/mol. The van der Waals surface area contributed by atoms with Gasteiger partial charge in [0.1, 0.15) is 22.5 Å². The Hall–Kier alpha value is -4.99. The van der Waals surface area contributed by atoms with Crippen LogP contribution in [0.3, 0.4) is 0 Å². The van der Waals surface area contributed by atoms with Gasteiger partial charge in [0.15, 0.2) is 5.76 Å². The SMILES string of the molecule is CCc1ccc(-n2nc3cc(C)c(NC(=O)c4ccc(-c5ccc(OC)cc5[N+](=O)[O-])o4)cc3n2)cc1. The molecule has 5 rings (SSSR count). The second kappa shape index (κ2) is 9.57. The van der Waals surface area contributed by atoms with Crippen molar-refractivity contribution < 1.29 is 18.9 Å². The molecule has 5 aromatic rings. The van der Waals surface area contributed by atoms with Crippen LogP contribution in [0.15, 0.2) is 71.1 Å². The molecule has 186 valence electrons. The molecule has 0 spiro atoms. The van der Waals surface area contributed by atoms with Crippen molar-refractivity contribution in [2.75, 3.05) is 12.4 Å². The number of amides is 1. The van der Waals surface area contributed by atoms with Gasteiger partial charge in [-0.1, -0.05) is 19.1 Å². The van der Waals surface area contributed by atoms with Crippen molar-refractivity contribution in [3.63, 3.8) is 0 Å². The number of nitrogens with zero attached hydrogens (tertiary/aromatic N) is 4. The molecule has 0 bridgehead atoms. The standard InChI is InChI=1S/C27H23N5O5/c1-4-17-5-7-18(8-6-17)31-29-22-13-16(2)21(15-23(22)30-31)28-27(33)26-12-11-25(37-26)20-10-9-19(36-3)14-24(20)32(34)35/h5-15H,4H2,1-3H3,(H,28,33). The van der Waals surface area contributed by atoms with E-state index in [0.717, 1.165) is 17.7 Å². The largest absolute Gasteiger partial charge is 0.497 e. The first kappa shape index (κ1) is 23.7. The van der Waals surface area contributed by atoms with E-state index in [1.807, 2.05) is 37.3 Å². The lowest BCUT2D eigenvalue weighted by molar-refractivity contribution is -0.384. The van der Waals surface area contributed by atoms with Crippen LogP contribution >= 0.6 is 0 Å². The number of rotatable bonds is 7. The van der Waals surface area contributed by atoms with E-state index in [-0.39, 0.29) is 22.8 Å². The van der Waals surface area contributed by atoms with Crippen molar-refractivity contribution in [2.24, 2.45) is 0 Å². The van der Waals surface area contributed by atoms with Gasteiger partial charge in [0.05, 0.1) is 29.4 Å². The number of anilines is 1. The van der Waals surface area contributed by atoms with Crippen LogP contribution in [0.5, 0.6) is 5.75 Å². The summed E-state index contributed by atoms with van der Waals surface area (Å²) < 4.78 is 10.8. The molecule has 3 aromatic carbocycles. The van der Waals surface area contributed by atoms with Crippen molar-refractivity contribution >= 4 is 28.3 Å². The highest BCUT2D eigenvalue weighted by molar-refractivity contribution is 6.04. The van der Waals surface area contributed by atoms with Gasteiger partial charge in [0, 0.05) is 5.69 Å². The van der Waals surface area contributed by atoms with Gasteiger partial charge in [0.2, 0.25) is 0 Å². The van der Waals surface area contributed by atoms with E-state index in [1.54, 1.807) is 16.9 Å². The van der Waals surface area contributed by atoms with Gasteiger partial charge in [0.25, 0.3) is 11.6 Å². The smallest absolute Gasteiger partial charge is 0.291 e. The highest BCUT2D eigenvalue weighted by Gasteiger charge is 2.21. The number of ether oxygens (including phenoxy) is 1. The quantitative estimate of drug-likeness (QED) is 0.225. The number of nitro benzene ring substituents is 1. The summed E-state index contributed by atoms with van der Waals surface area (Å²) in [7, 11) is 1.43. The number of fused-ring (bicyclic) bond motifs is 1. The minimum absolute atomic E-state index is 0.0132. The van der Waals surface area contributed by atoms with E-state index in [1.165, 1.54) is 36.9 Å². The highest BCUT2D eigenvalue weighted by atomic mass is 16.6. The molecule has 2 aromatic heterocycles. The molecule has 0 saturated heterocycles. The molecule has 10 nitrogen and oxygen atoms in total. The minimum Gasteiger partial charge on any atom is -0.497 e. The maximum Gasteiger partial charge on any atom is 0.291 e. The number of hydrogen-bond acceptors (Lipinski definition) is 7. The summed E-state index contributed by atoms with van der Waals surface area (Å²) in [6.45, 7) is 3.96. The lowest BCUT2D eigenvalue weighted by Crippen LogP contribution is -2.11. The van der Waals surface area contributed by atoms with Gasteiger partial charge in [-0.25, -0.2) is 0 Å². The summed E-state index contributed by atoms with van der Waals surface area (Å²) in [5.41, 5.74) is 4.79. The summed E-state index contributed by atoms with van der Waals surface area (Å²) in [5, 5.41) is 23.5. The highest BCUT2D eigenvalue weighted by Crippen LogP contribution is 2.34. The molecule has 0 unspecified atom stereocenters. The van der Waals surface area contributed by atoms with Crippen molar-refractivity contribution in [3.05, 3.63) is 93.7 Å². The van der Waals surface area contributed by atoms with Crippen LogP contribution in [-0.4, -0.2) is 32.9 Å². The van der Waals surface area contributed by atoms with Crippen LogP contribution in [0.25, 0.3) is 28.0 Å². The third kappa shape index (κ3) is 4.64. The molecule has 10 heteroatoms. The van der Waals surface area contributed by atoms with E-state index in [4.69, 9.17) is 9.15 Å². The number of methoxy groups -OCH3 is 1. The molecule has 0 aliphatic carbocycles. The first-order chi connectivity index (χ1) is 17.9. The molecule has 0 aliphatic rings. The molecule has 0 radical (unpaired) electrons. The van der Waals surface area contributed by atoms with Gasteiger partial charge in [-0.3, -0.25) is 14.9 Å². The van der Waals surface area contributed by atoms with Gasteiger partial charge >= 0.3 is 0 Å². The van der Waals surface area contributed by atoms with Crippen LogP contribution in [0.1, 0.15) is 28.6 Å². The van der Waals surface area contributed by atoms with Crippen molar-refractivity contribution in [1.29, 1.82) is 0 Å². The normalized spacial score (nSPS) is 11.0. The molecular weight excluding hydrogens is 474 g/mol. The fourth-order valence-corrected chi connectivity index (χ4v) is 3.97. The molecule has 37 heavy (non-hydrogen) atoms. The average Bonchev–Trinajstić information content (AvgIpc) is 3.56. The Balaban J connectivity index is 1.40. The predicted molar refractivity (Wildman–Crippen MR) is 138 cm³/mol. The molecule has 0 fully saturated rings. The molecule has 1 N–H and O–H groups in total. The van der Waals surface area contributed by atoms with E-state index in [9.17, 15) is 14.9 Å². The van der Waals surface area contributed by atoms with E-state index >= 15 is 0 Å². The monoisotopic (exact) mass is 497 g/mol. The molecule has 0 saturated carbocycles. The Labute approximate surface area is 211 Å². The van der Waals surface area contributed by atoms with E-state index < -0.39 is 10.8 Å². The first-order valence-electron chi connectivity index (χ1n) is 11.6. The zero-order valence-electron chi connectivity index (χ0n) is 20.4. The maximum atomic E-state index is 13.0. The number of nitro groups is 1. The van der Waals surface area contributed by atoms with Crippen LogP contribution in [0, 0.1) is 17.0 Å². The van der Waals surface area contributed by atoms with E-state index in [2.05, 4.69) is 22.4 Å². The first-order valence-corrected chi connectivity index (χ1v) is 11.6. The Morgan fingerprint density at radius 3 is 2.46 bits per heavy atom. The second-order valence-corrected chi connectivity index (χ2v) is 8.42. The fraction of sp³-hybridized carbons (Fsp3) is 0.148. The van der Waals surface area contributed by atoms with Gasteiger partial charge < -0.3 is 14.5 Å². The number of carbonyl (C=O) groups is 1. The number of nitrogens with one attached hydrogen (secondary N) is 1. The second-order valence-electron chi connectivity index (χ2n) is 8.42. The Bertz CT molecular complexity index is 1640. The van der Waals surface area contributed by atoms with Crippen molar-refractivity contribution in [1.82, 2.24) is 15.0 Å². The summed E-state index contributed by atoms with van der Waals surface area (Å²) in [6.07, 6.45) is 0.950. The van der Waals surface area contributed by atoms with E-state index in [0.29, 0.717) is 22.5 Å². The van der Waals surface area contributed by atoms with Crippen molar-refractivity contribution in [2.45, 2.75) is 20.3 Å². The number of aryl methyl sites for hydroxylation is 2. The molecule has 0 atom stereocenters. The van der Waals surface area contributed by atoms with Crippen molar-refractivity contribution in [3.8, 4) is 22.8 Å². The lowest BCUT2D eigenvalue weighted by Gasteiger charge is -2.07. The Kier molecular flexibility index (Phi) is 6.14. The third-order valence-corrected chi connectivity index (χ3v) is 6.05. The topological polar surface area (TPSA) is 125 Å².